The molecule has 1 heterocycles. The van der Waals surface area contributed by atoms with Crippen molar-refractivity contribution in [3.63, 3.8) is 0 Å². The number of hydrogen-bond acceptors (Lipinski definition) is 4. The number of likely N-dealkylation sites (tertiary alicyclic amines) is 1. The Balaban J connectivity index is 1.74. The van der Waals surface area contributed by atoms with Gasteiger partial charge in [-0.15, -0.1) is 0 Å². The van der Waals surface area contributed by atoms with Gasteiger partial charge in [0.1, 0.15) is 11.5 Å². The maximum absolute atomic E-state index is 12.6. The number of methoxy groups -OCH3 is 2. The van der Waals surface area contributed by atoms with Gasteiger partial charge in [0.2, 0.25) is 5.91 Å². The molecule has 1 aliphatic rings. The van der Waals surface area contributed by atoms with E-state index >= 15 is 0 Å². The molecule has 0 aliphatic carbocycles. The number of anilines is 1. The molecular formula is C20H22Cl2N2O3. The fraction of sp³-hybridized carbons (Fsp3) is 0.350. The van der Waals surface area contributed by atoms with E-state index in [1.165, 1.54) is 0 Å². The van der Waals surface area contributed by atoms with Crippen LogP contribution in [-0.2, 0) is 4.79 Å². The average molecular weight is 409 g/mol. The van der Waals surface area contributed by atoms with E-state index in [0.717, 1.165) is 36.4 Å². The molecule has 27 heavy (non-hydrogen) atoms. The first-order valence-corrected chi connectivity index (χ1v) is 9.49. The predicted molar refractivity (Wildman–Crippen MR) is 108 cm³/mol. The highest BCUT2D eigenvalue weighted by Gasteiger charge is 2.30. The summed E-state index contributed by atoms with van der Waals surface area (Å²) in [4.78, 5) is 14.7. The number of halogens is 2. The number of nitrogens with one attached hydrogen (secondary N) is 1. The molecular weight excluding hydrogens is 387 g/mol. The number of amides is 1. The van der Waals surface area contributed by atoms with Gasteiger partial charge in [0.25, 0.3) is 0 Å². The van der Waals surface area contributed by atoms with Crippen molar-refractivity contribution in [1.82, 2.24) is 4.90 Å². The zero-order valence-electron chi connectivity index (χ0n) is 15.3. The number of hydrogen-bond donors (Lipinski definition) is 1. The molecule has 0 radical (unpaired) electrons. The molecule has 144 valence electrons. The molecule has 1 atom stereocenters. The third-order valence-electron chi connectivity index (χ3n) is 4.74. The Morgan fingerprint density at radius 2 is 1.93 bits per heavy atom. The van der Waals surface area contributed by atoms with Crippen LogP contribution in [0.25, 0.3) is 0 Å². The molecule has 1 aliphatic heterocycles. The fourth-order valence-corrected chi connectivity index (χ4v) is 3.93. The molecule has 3 rings (SSSR count). The van der Waals surface area contributed by atoms with Crippen molar-refractivity contribution in [3.05, 3.63) is 52.0 Å². The van der Waals surface area contributed by atoms with Gasteiger partial charge >= 0.3 is 0 Å². The highest BCUT2D eigenvalue weighted by Crippen LogP contribution is 2.38. The molecule has 1 amide bonds. The van der Waals surface area contributed by atoms with Crippen molar-refractivity contribution in [2.24, 2.45) is 0 Å². The number of nitrogens with zero attached hydrogens (tertiary/aromatic N) is 1. The minimum Gasteiger partial charge on any atom is -0.497 e. The lowest BCUT2D eigenvalue weighted by molar-refractivity contribution is -0.117. The Bertz CT molecular complexity index is 809. The van der Waals surface area contributed by atoms with Crippen LogP contribution in [0, 0.1) is 0 Å². The van der Waals surface area contributed by atoms with Crippen LogP contribution in [0.1, 0.15) is 24.4 Å². The summed E-state index contributed by atoms with van der Waals surface area (Å²) in [6.45, 7) is 1.09. The maximum atomic E-state index is 12.6. The Hall–Kier alpha value is -1.95. The minimum atomic E-state index is -0.149. The van der Waals surface area contributed by atoms with Crippen LogP contribution < -0.4 is 14.8 Å². The van der Waals surface area contributed by atoms with E-state index < -0.39 is 0 Å². The second kappa shape index (κ2) is 8.83. The van der Waals surface area contributed by atoms with E-state index in [2.05, 4.69) is 10.2 Å². The molecule has 0 aromatic heterocycles. The highest BCUT2D eigenvalue weighted by atomic mass is 35.5. The summed E-state index contributed by atoms with van der Waals surface area (Å²) in [6.07, 6.45) is 1.97. The number of rotatable bonds is 6. The standard InChI is InChI=1S/C20H22Cl2N2O3/c1-26-13-8-9-14(18(11-13)27-2)17-7-4-10-24(17)12-19(25)23-20-15(21)5-3-6-16(20)22/h3,5-6,8-9,11,17H,4,7,10,12H2,1-2H3,(H,23,25)/t17-/m0/s1. The molecule has 5 nitrogen and oxygen atoms in total. The van der Waals surface area contributed by atoms with Crippen LogP contribution in [0.3, 0.4) is 0 Å². The van der Waals surface area contributed by atoms with E-state index in [9.17, 15) is 4.79 Å². The lowest BCUT2D eigenvalue weighted by atomic mass is 10.0. The molecule has 2 aromatic carbocycles. The van der Waals surface area contributed by atoms with Crippen molar-refractivity contribution in [3.8, 4) is 11.5 Å². The van der Waals surface area contributed by atoms with Crippen LogP contribution in [0.15, 0.2) is 36.4 Å². The van der Waals surface area contributed by atoms with Crippen LogP contribution in [0.2, 0.25) is 10.0 Å². The third kappa shape index (κ3) is 4.49. The summed E-state index contributed by atoms with van der Waals surface area (Å²) in [5, 5.41) is 3.67. The molecule has 1 N–H and O–H groups in total. The summed E-state index contributed by atoms with van der Waals surface area (Å²) in [5.41, 5.74) is 1.50. The SMILES string of the molecule is COc1ccc([C@@H]2CCCN2CC(=O)Nc2c(Cl)cccc2Cl)c(OC)c1. The van der Waals surface area contributed by atoms with Crippen molar-refractivity contribution in [2.75, 3.05) is 32.6 Å². The molecule has 2 aromatic rings. The predicted octanol–water partition coefficient (Wildman–Crippen LogP) is 4.79. The zero-order valence-corrected chi connectivity index (χ0v) is 16.8. The van der Waals surface area contributed by atoms with Gasteiger partial charge in [0.15, 0.2) is 0 Å². The number of carbonyl (C=O) groups excluding carboxylic acids is 1. The Morgan fingerprint density at radius 3 is 2.59 bits per heavy atom. The van der Waals surface area contributed by atoms with Gasteiger partial charge in [0, 0.05) is 17.7 Å². The van der Waals surface area contributed by atoms with Crippen molar-refractivity contribution in [1.29, 1.82) is 0 Å². The summed E-state index contributed by atoms with van der Waals surface area (Å²) < 4.78 is 10.8. The van der Waals surface area contributed by atoms with Gasteiger partial charge in [-0.05, 0) is 37.6 Å². The second-order valence-electron chi connectivity index (χ2n) is 6.38. The second-order valence-corrected chi connectivity index (χ2v) is 7.20. The number of ether oxygens (including phenoxy) is 2. The monoisotopic (exact) mass is 408 g/mol. The van der Waals surface area contributed by atoms with Gasteiger partial charge in [-0.2, -0.15) is 0 Å². The summed E-state index contributed by atoms with van der Waals surface area (Å²) in [6, 6.07) is 11.0. The Kier molecular flexibility index (Phi) is 6.47. The fourth-order valence-electron chi connectivity index (χ4n) is 3.44. The quantitative estimate of drug-likeness (QED) is 0.746. The van der Waals surface area contributed by atoms with Crippen LogP contribution in [0.5, 0.6) is 11.5 Å². The average Bonchev–Trinajstić information content (AvgIpc) is 3.12. The Morgan fingerprint density at radius 1 is 1.19 bits per heavy atom. The molecule has 7 heteroatoms. The first-order valence-electron chi connectivity index (χ1n) is 8.73. The number of carbonyl (C=O) groups is 1. The van der Waals surface area contributed by atoms with Gasteiger partial charge in [-0.25, -0.2) is 0 Å². The third-order valence-corrected chi connectivity index (χ3v) is 5.37. The van der Waals surface area contributed by atoms with Gasteiger partial charge in [-0.1, -0.05) is 35.3 Å². The van der Waals surface area contributed by atoms with E-state index in [1.807, 2.05) is 18.2 Å². The van der Waals surface area contributed by atoms with E-state index in [-0.39, 0.29) is 18.5 Å². The van der Waals surface area contributed by atoms with Crippen LogP contribution in [0.4, 0.5) is 5.69 Å². The normalized spacial score (nSPS) is 17.0. The number of para-hydroxylation sites is 1. The zero-order chi connectivity index (χ0) is 19.4. The minimum absolute atomic E-state index is 0.110. The maximum Gasteiger partial charge on any atom is 0.238 e. The first-order chi connectivity index (χ1) is 13.0. The van der Waals surface area contributed by atoms with Crippen molar-refractivity contribution < 1.29 is 14.3 Å². The smallest absolute Gasteiger partial charge is 0.238 e. The lowest BCUT2D eigenvalue weighted by Crippen LogP contribution is -2.33. The van der Waals surface area contributed by atoms with Crippen molar-refractivity contribution in [2.45, 2.75) is 18.9 Å². The molecule has 0 unspecified atom stereocenters. The highest BCUT2D eigenvalue weighted by molar-refractivity contribution is 6.39. The lowest BCUT2D eigenvalue weighted by Gasteiger charge is -2.26. The Labute approximate surface area is 169 Å². The molecule has 1 fully saturated rings. The molecule has 0 saturated carbocycles. The largest absolute Gasteiger partial charge is 0.497 e. The summed E-state index contributed by atoms with van der Waals surface area (Å²) >= 11 is 12.3. The summed E-state index contributed by atoms with van der Waals surface area (Å²) in [5.74, 6) is 1.36. The molecule has 0 spiro atoms. The van der Waals surface area contributed by atoms with E-state index in [4.69, 9.17) is 32.7 Å². The van der Waals surface area contributed by atoms with Crippen molar-refractivity contribution >= 4 is 34.8 Å². The molecule has 0 bridgehead atoms. The van der Waals surface area contributed by atoms with Gasteiger partial charge in [0.05, 0.1) is 36.5 Å². The van der Waals surface area contributed by atoms with E-state index in [0.29, 0.717) is 15.7 Å². The van der Waals surface area contributed by atoms with Gasteiger partial charge < -0.3 is 14.8 Å². The van der Waals surface area contributed by atoms with Gasteiger partial charge in [-0.3, -0.25) is 9.69 Å². The molecule has 1 saturated heterocycles. The summed E-state index contributed by atoms with van der Waals surface area (Å²) in [7, 11) is 3.27. The topological polar surface area (TPSA) is 50.8 Å². The van der Waals surface area contributed by atoms with Crippen LogP contribution in [-0.4, -0.2) is 38.1 Å². The van der Waals surface area contributed by atoms with Crippen LogP contribution >= 0.6 is 23.2 Å². The van der Waals surface area contributed by atoms with E-state index in [1.54, 1.807) is 32.4 Å². The number of benzene rings is 2. The first kappa shape index (κ1) is 19.8.